The van der Waals surface area contributed by atoms with Gasteiger partial charge in [0.1, 0.15) is 16.4 Å². The lowest BCUT2D eigenvalue weighted by Crippen LogP contribution is -2.42. The third-order valence-electron chi connectivity index (χ3n) is 6.89. The molecule has 10 heteroatoms. The SMILES string of the molecule is Cc1cc(S(=O)(=O)NCc2ccncc2)cnc1-c1ccc2c(c1)CC[C@H](C)N2C(=O)c1ccc(O)cc1O. The Bertz CT molecular complexity index is 1660. The Kier molecular flexibility index (Phi) is 7.07. The second kappa shape index (κ2) is 10.5. The summed E-state index contributed by atoms with van der Waals surface area (Å²) in [5.74, 6) is -0.745. The van der Waals surface area contributed by atoms with Gasteiger partial charge in [0.25, 0.3) is 5.91 Å². The summed E-state index contributed by atoms with van der Waals surface area (Å²) in [6.07, 6.45) is 6.04. The molecule has 1 aliphatic rings. The number of phenolic OH excluding ortho intramolecular Hbond substituents is 2. The molecule has 0 saturated heterocycles. The van der Waals surface area contributed by atoms with E-state index in [2.05, 4.69) is 14.7 Å². The van der Waals surface area contributed by atoms with E-state index in [1.54, 1.807) is 35.5 Å². The van der Waals surface area contributed by atoms with Crippen LogP contribution in [0.1, 0.15) is 40.4 Å². The van der Waals surface area contributed by atoms with Gasteiger partial charge in [-0.1, -0.05) is 6.07 Å². The van der Waals surface area contributed by atoms with Crippen LogP contribution in [0.25, 0.3) is 11.3 Å². The highest BCUT2D eigenvalue weighted by atomic mass is 32.2. The summed E-state index contributed by atoms with van der Waals surface area (Å²) in [5, 5.41) is 19.9. The topological polar surface area (TPSA) is 133 Å². The van der Waals surface area contributed by atoms with Crippen LogP contribution in [0.4, 0.5) is 5.69 Å². The fourth-order valence-corrected chi connectivity index (χ4v) is 5.85. The largest absolute Gasteiger partial charge is 0.508 e. The summed E-state index contributed by atoms with van der Waals surface area (Å²) < 4.78 is 28.3. The summed E-state index contributed by atoms with van der Waals surface area (Å²) in [6, 6.07) is 14.6. The molecular formula is C29H28N4O5S. The smallest absolute Gasteiger partial charge is 0.262 e. The number of sulfonamides is 1. The summed E-state index contributed by atoms with van der Waals surface area (Å²) in [6.45, 7) is 3.92. The molecule has 39 heavy (non-hydrogen) atoms. The normalized spacial score (nSPS) is 15.1. The third kappa shape index (κ3) is 5.34. The van der Waals surface area contributed by atoms with Gasteiger partial charge in [-0.3, -0.25) is 14.8 Å². The van der Waals surface area contributed by atoms with Crippen LogP contribution in [-0.2, 0) is 23.0 Å². The van der Waals surface area contributed by atoms with Crippen LogP contribution in [0, 0.1) is 6.92 Å². The van der Waals surface area contributed by atoms with Crippen molar-refractivity contribution in [1.82, 2.24) is 14.7 Å². The molecule has 0 spiro atoms. The zero-order chi connectivity index (χ0) is 27.7. The first-order valence-corrected chi connectivity index (χ1v) is 14.0. The number of rotatable bonds is 6. The van der Waals surface area contributed by atoms with E-state index < -0.39 is 10.0 Å². The Balaban J connectivity index is 1.41. The van der Waals surface area contributed by atoms with Crippen molar-refractivity contribution in [1.29, 1.82) is 0 Å². The number of hydrogen-bond acceptors (Lipinski definition) is 7. The van der Waals surface area contributed by atoms with Crippen LogP contribution < -0.4 is 9.62 Å². The van der Waals surface area contributed by atoms with E-state index in [1.807, 2.05) is 32.0 Å². The second-order valence-corrected chi connectivity index (χ2v) is 11.4. The average molecular weight is 545 g/mol. The molecule has 5 rings (SSSR count). The number of carbonyl (C=O) groups is 1. The summed E-state index contributed by atoms with van der Waals surface area (Å²) in [4.78, 5) is 23.6. The van der Waals surface area contributed by atoms with E-state index >= 15 is 0 Å². The highest BCUT2D eigenvalue weighted by Crippen LogP contribution is 2.37. The number of amides is 1. The molecule has 200 valence electrons. The molecule has 0 saturated carbocycles. The zero-order valence-electron chi connectivity index (χ0n) is 21.5. The van der Waals surface area contributed by atoms with Gasteiger partial charge >= 0.3 is 0 Å². The fraction of sp³-hybridized carbons (Fsp3) is 0.207. The minimum Gasteiger partial charge on any atom is -0.508 e. The maximum absolute atomic E-state index is 13.4. The minimum atomic E-state index is -3.76. The molecular weight excluding hydrogens is 516 g/mol. The van der Waals surface area contributed by atoms with Crippen LogP contribution in [-0.4, -0.2) is 40.5 Å². The molecule has 0 aliphatic carbocycles. The second-order valence-electron chi connectivity index (χ2n) is 9.62. The molecule has 0 unspecified atom stereocenters. The molecule has 3 N–H and O–H groups in total. The lowest BCUT2D eigenvalue weighted by molar-refractivity contribution is 0.0972. The molecule has 2 aromatic carbocycles. The minimum absolute atomic E-state index is 0.0788. The summed E-state index contributed by atoms with van der Waals surface area (Å²) >= 11 is 0. The van der Waals surface area contributed by atoms with Gasteiger partial charge in [-0.15, -0.1) is 0 Å². The number of phenols is 2. The number of pyridine rings is 2. The van der Waals surface area contributed by atoms with Crippen molar-refractivity contribution in [2.45, 2.75) is 44.2 Å². The standard InChI is InChI=1S/C29H28N4O5S/c1-18-13-24(39(37,38)32-16-20-9-11-30-12-10-20)17-31-28(18)22-5-8-26-21(14-22)4-3-19(2)33(26)29(36)25-7-6-23(34)15-27(25)35/h5-15,17,19,32,34-35H,3-4,16H2,1-2H3/t19-/m0/s1. The molecule has 2 aromatic heterocycles. The average Bonchev–Trinajstić information content (AvgIpc) is 2.92. The highest BCUT2D eigenvalue weighted by molar-refractivity contribution is 7.89. The van der Waals surface area contributed by atoms with E-state index in [-0.39, 0.29) is 40.5 Å². The van der Waals surface area contributed by atoms with Crippen LogP contribution >= 0.6 is 0 Å². The van der Waals surface area contributed by atoms with Gasteiger partial charge < -0.3 is 15.1 Å². The number of aryl methyl sites for hydroxylation is 2. The Morgan fingerprint density at radius 1 is 1.08 bits per heavy atom. The van der Waals surface area contributed by atoms with Crippen molar-refractivity contribution < 1.29 is 23.4 Å². The molecule has 3 heterocycles. The number of nitrogens with one attached hydrogen (secondary N) is 1. The maximum Gasteiger partial charge on any atom is 0.262 e. The number of aromatic nitrogens is 2. The lowest BCUT2D eigenvalue weighted by Gasteiger charge is -2.35. The van der Waals surface area contributed by atoms with Crippen LogP contribution in [0.5, 0.6) is 11.5 Å². The molecule has 9 nitrogen and oxygen atoms in total. The van der Waals surface area contributed by atoms with Crippen LogP contribution in [0.15, 0.2) is 78.1 Å². The Labute approximate surface area is 226 Å². The monoisotopic (exact) mass is 544 g/mol. The number of aromatic hydroxyl groups is 2. The van der Waals surface area contributed by atoms with Gasteiger partial charge in [0, 0.05) is 48.5 Å². The molecule has 1 atom stereocenters. The van der Waals surface area contributed by atoms with Gasteiger partial charge in [0.05, 0.1) is 11.3 Å². The van der Waals surface area contributed by atoms with Gasteiger partial charge in [-0.05, 0) is 85.8 Å². The van der Waals surface area contributed by atoms with Crippen molar-refractivity contribution in [2.24, 2.45) is 0 Å². The molecule has 1 amide bonds. The van der Waals surface area contributed by atoms with Crippen molar-refractivity contribution in [2.75, 3.05) is 4.90 Å². The Morgan fingerprint density at radius 2 is 1.85 bits per heavy atom. The number of nitrogens with zero attached hydrogens (tertiary/aromatic N) is 3. The maximum atomic E-state index is 13.4. The molecule has 1 aliphatic heterocycles. The first-order chi connectivity index (χ1) is 18.6. The Hall–Kier alpha value is -4.28. The summed E-state index contributed by atoms with van der Waals surface area (Å²) in [5.41, 5.74) is 4.77. The number of fused-ring (bicyclic) bond motifs is 1. The highest BCUT2D eigenvalue weighted by Gasteiger charge is 2.31. The number of hydrogen-bond donors (Lipinski definition) is 3. The van der Waals surface area contributed by atoms with E-state index in [9.17, 15) is 23.4 Å². The van der Waals surface area contributed by atoms with Crippen molar-refractivity contribution in [3.63, 3.8) is 0 Å². The van der Waals surface area contributed by atoms with E-state index in [0.717, 1.165) is 41.3 Å². The van der Waals surface area contributed by atoms with E-state index in [4.69, 9.17) is 0 Å². The van der Waals surface area contributed by atoms with Gasteiger partial charge in [0.15, 0.2) is 0 Å². The van der Waals surface area contributed by atoms with Gasteiger partial charge in [-0.2, -0.15) is 0 Å². The molecule has 0 fully saturated rings. The number of benzene rings is 2. The van der Waals surface area contributed by atoms with Crippen molar-refractivity contribution in [3.8, 4) is 22.8 Å². The first-order valence-electron chi connectivity index (χ1n) is 12.5. The van der Waals surface area contributed by atoms with E-state index in [0.29, 0.717) is 11.3 Å². The van der Waals surface area contributed by atoms with Gasteiger partial charge in [-0.25, -0.2) is 13.1 Å². The molecule has 4 aromatic rings. The third-order valence-corrected chi connectivity index (χ3v) is 8.26. The number of carbonyl (C=O) groups excluding carboxylic acids is 1. The van der Waals surface area contributed by atoms with Crippen molar-refractivity contribution in [3.05, 3.63) is 95.4 Å². The van der Waals surface area contributed by atoms with Crippen LogP contribution in [0.2, 0.25) is 0 Å². The lowest BCUT2D eigenvalue weighted by atomic mass is 9.92. The predicted octanol–water partition coefficient (Wildman–Crippen LogP) is 4.32. The molecule has 0 radical (unpaired) electrons. The number of anilines is 1. The Morgan fingerprint density at radius 3 is 2.56 bits per heavy atom. The molecule has 0 bridgehead atoms. The van der Waals surface area contributed by atoms with Gasteiger partial charge in [0.2, 0.25) is 10.0 Å². The van der Waals surface area contributed by atoms with Crippen LogP contribution in [0.3, 0.4) is 0 Å². The van der Waals surface area contributed by atoms with Crippen molar-refractivity contribution >= 4 is 21.6 Å². The quantitative estimate of drug-likeness (QED) is 0.329. The first kappa shape index (κ1) is 26.3. The van der Waals surface area contributed by atoms with E-state index in [1.165, 1.54) is 18.3 Å². The summed E-state index contributed by atoms with van der Waals surface area (Å²) in [7, 11) is -3.76. The predicted molar refractivity (Wildman–Crippen MR) is 147 cm³/mol. The zero-order valence-corrected chi connectivity index (χ0v) is 22.3. The fourth-order valence-electron chi connectivity index (χ4n) is 4.80.